The number of fused-ring (bicyclic) bond motifs is 2. The van der Waals surface area contributed by atoms with E-state index in [4.69, 9.17) is 4.42 Å². The van der Waals surface area contributed by atoms with Gasteiger partial charge < -0.3 is 35.5 Å². The molecule has 0 unspecified atom stereocenters. The molecule has 0 bridgehead atoms. The smallest absolute Gasteiger partial charge is 0.335 e. The molecule has 0 aliphatic rings. The highest BCUT2D eigenvalue weighted by atomic mass is 32.2. The second-order valence-corrected chi connectivity index (χ2v) is 17.2. The molecule has 67 heavy (non-hydrogen) atoms. The van der Waals surface area contributed by atoms with Crippen molar-refractivity contribution in [3.63, 3.8) is 0 Å². The van der Waals surface area contributed by atoms with E-state index in [1.165, 1.54) is 86.6 Å². The summed E-state index contributed by atoms with van der Waals surface area (Å²) in [6, 6.07) is 18.6. The van der Waals surface area contributed by atoms with Crippen LogP contribution in [0.2, 0.25) is 0 Å². The summed E-state index contributed by atoms with van der Waals surface area (Å²) in [6.45, 7) is 3.05. The molecule has 22 nitrogen and oxygen atoms in total. The number of carbonyl (C=O) groups is 4. The van der Waals surface area contributed by atoms with Gasteiger partial charge in [0.1, 0.15) is 21.2 Å². The van der Waals surface area contributed by atoms with E-state index in [-0.39, 0.29) is 55.4 Å². The van der Waals surface area contributed by atoms with E-state index in [1.807, 2.05) is 0 Å². The van der Waals surface area contributed by atoms with Crippen LogP contribution in [-0.2, 0) is 20.2 Å². The first-order valence-corrected chi connectivity index (χ1v) is 21.7. The van der Waals surface area contributed by atoms with E-state index < -0.39 is 93.6 Å². The van der Waals surface area contributed by atoms with Gasteiger partial charge in [0.25, 0.3) is 32.1 Å². The van der Waals surface area contributed by atoms with Crippen molar-refractivity contribution in [2.45, 2.75) is 23.6 Å². The Kier molecular flexibility index (Phi) is 12.2. The van der Waals surface area contributed by atoms with Gasteiger partial charge in [-0.25, -0.2) is 9.59 Å². The summed E-state index contributed by atoms with van der Waals surface area (Å²) in [5.74, 6) is -7.34. The predicted molar refractivity (Wildman–Crippen MR) is 236 cm³/mol. The summed E-state index contributed by atoms with van der Waals surface area (Å²) in [6.07, 6.45) is 0. The van der Waals surface area contributed by atoms with Crippen LogP contribution < -0.4 is 16.1 Å². The summed E-state index contributed by atoms with van der Waals surface area (Å²) in [4.78, 5) is 60.2. The number of phenolic OH excluding ortho intramolecular Hbond substituents is 2. The maximum atomic E-state index is 13.3. The third-order valence-electron chi connectivity index (χ3n) is 9.79. The third kappa shape index (κ3) is 9.86. The average Bonchev–Trinajstić information content (AvgIpc) is 3.25. The van der Waals surface area contributed by atoms with E-state index >= 15 is 0 Å². The number of nitrogens with zero attached hydrogens (tertiary/aromatic N) is 4. The lowest BCUT2D eigenvalue weighted by atomic mass is 10.1. The number of aryl methyl sites for hydroxylation is 2. The first kappa shape index (κ1) is 46.3. The molecule has 8 N–H and O–H groups in total. The number of azo groups is 2. The van der Waals surface area contributed by atoms with Crippen LogP contribution in [0.4, 0.5) is 34.1 Å². The molecule has 340 valence electrons. The highest BCUT2D eigenvalue weighted by molar-refractivity contribution is 7.86. The summed E-state index contributed by atoms with van der Waals surface area (Å²) >= 11 is 0. The number of phenols is 2. The van der Waals surface area contributed by atoms with E-state index in [1.54, 1.807) is 0 Å². The normalized spacial score (nSPS) is 11.9. The Labute approximate surface area is 375 Å². The van der Waals surface area contributed by atoms with Crippen LogP contribution in [0.1, 0.15) is 53.0 Å². The van der Waals surface area contributed by atoms with Crippen molar-refractivity contribution in [1.29, 1.82) is 0 Å². The highest BCUT2D eigenvalue weighted by Crippen LogP contribution is 2.44. The van der Waals surface area contributed by atoms with Gasteiger partial charge in [0.2, 0.25) is 0 Å². The topological polar surface area (TPSA) is 362 Å². The highest BCUT2D eigenvalue weighted by Gasteiger charge is 2.25. The average molecular weight is 951 g/mol. The van der Waals surface area contributed by atoms with Gasteiger partial charge in [-0.15, -0.1) is 10.2 Å². The zero-order chi connectivity index (χ0) is 48.7. The predicted octanol–water partition coefficient (Wildman–Crippen LogP) is 8.20. The lowest BCUT2D eigenvalue weighted by Crippen LogP contribution is -2.19. The van der Waals surface area contributed by atoms with Crippen LogP contribution in [0, 0.1) is 13.8 Å². The Morgan fingerprint density at radius 1 is 0.537 bits per heavy atom. The molecule has 2 amide bonds. The Balaban J connectivity index is 1.13. The monoisotopic (exact) mass is 950 g/mol. The number of anilines is 2. The maximum Gasteiger partial charge on any atom is 0.335 e. The number of hydrogen-bond donors (Lipinski definition) is 8. The number of carboxylic acid groups (broad SMARTS) is 2. The van der Waals surface area contributed by atoms with Crippen LogP contribution in [-0.4, -0.2) is 70.1 Å². The van der Waals surface area contributed by atoms with Gasteiger partial charge in [-0.3, -0.25) is 23.5 Å². The van der Waals surface area contributed by atoms with Crippen LogP contribution in [0.25, 0.3) is 21.5 Å². The molecule has 0 aliphatic carbocycles. The number of benzene rings is 6. The minimum absolute atomic E-state index is 0.0105. The van der Waals surface area contributed by atoms with Crippen LogP contribution in [0.3, 0.4) is 0 Å². The Morgan fingerprint density at radius 3 is 1.27 bits per heavy atom. The van der Waals surface area contributed by atoms with Gasteiger partial charge in [-0.05, 0) is 121 Å². The second-order valence-electron chi connectivity index (χ2n) is 14.4. The zero-order valence-corrected chi connectivity index (χ0v) is 35.7. The first-order valence-electron chi connectivity index (χ1n) is 18.8. The minimum atomic E-state index is -5.07. The SMILES string of the molecule is Cc1cc(C(=O)O)ccc1N=Nc1c(S(=O)(=O)O)cc2cc(NC(=O)c3cc(=O)cc(C(=O)Nc4ccc5c(O)c(N=Nc6ccc(C(=O)O)cc6C)c(S(=O)(=O)O)cc5c4)o3)ccc2c1O. The van der Waals surface area contributed by atoms with Crippen LogP contribution in [0.5, 0.6) is 11.5 Å². The molecule has 0 atom stereocenters. The molecule has 0 spiro atoms. The van der Waals surface area contributed by atoms with E-state index in [0.717, 1.165) is 24.3 Å². The Bertz CT molecular complexity index is 3430. The van der Waals surface area contributed by atoms with Crippen molar-refractivity contribution in [3.8, 4) is 11.5 Å². The molecule has 0 radical (unpaired) electrons. The number of aromatic hydroxyl groups is 2. The van der Waals surface area contributed by atoms with Crippen molar-refractivity contribution < 1.29 is 70.0 Å². The fourth-order valence-electron chi connectivity index (χ4n) is 6.54. The molecular formula is C43H30N6O16S2. The first-order chi connectivity index (χ1) is 31.5. The van der Waals surface area contributed by atoms with Gasteiger partial charge in [0, 0.05) is 34.3 Å². The summed E-state index contributed by atoms with van der Waals surface area (Å²) in [5.41, 5.74) is -1.38. The molecule has 0 saturated heterocycles. The number of rotatable bonds is 12. The lowest BCUT2D eigenvalue weighted by molar-refractivity contribution is 0.0686. The van der Waals surface area contributed by atoms with Gasteiger partial charge in [0.05, 0.1) is 22.5 Å². The third-order valence-corrected chi connectivity index (χ3v) is 11.5. The standard InChI is InChI=1S/C43H30N6O16S2/c1-19-11-21(42(55)56)3-9-30(19)46-48-36-34(66(59,60)61)15-23-13-25(5-7-28(23)38(36)51)44-40(53)32-17-27(50)18-33(65-32)41(54)45-26-6-8-29-24(14-26)16-35(67(62,63)64)37(39(29)52)49-47-31-10-4-22(43(57)58)12-20(31)2/h3-18,51-52H,1-2H3,(H,44,53)(H,45,54)(H,55,56)(H,57,58)(H,59,60,61)(H,62,63,64). The van der Waals surface area contributed by atoms with E-state index in [2.05, 4.69) is 31.1 Å². The number of amides is 2. The maximum absolute atomic E-state index is 13.3. The number of hydrogen-bond acceptors (Lipinski definition) is 16. The van der Waals surface area contributed by atoms with Crippen molar-refractivity contribution in [2.75, 3.05) is 10.6 Å². The molecule has 0 saturated carbocycles. The fraction of sp³-hybridized carbons (Fsp3) is 0.0465. The quantitative estimate of drug-likeness (QED) is 0.0422. The van der Waals surface area contributed by atoms with Gasteiger partial charge in [-0.1, -0.05) is 0 Å². The molecule has 1 heterocycles. The largest absolute Gasteiger partial charge is 0.505 e. The molecule has 24 heteroatoms. The molecule has 7 rings (SSSR count). The van der Waals surface area contributed by atoms with Crippen LogP contribution >= 0.6 is 0 Å². The van der Waals surface area contributed by atoms with E-state index in [9.17, 15) is 70.3 Å². The Morgan fingerprint density at radius 2 is 0.925 bits per heavy atom. The van der Waals surface area contributed by atoms with Crippen molar-refractivity contribution in [3.05, 3.63) is 141 Å². The van der Waals surface area contributed by atoms with Gasteiger partial charge >= 0.3 is 11.9 Å². The number of aromatic carboxylic acids is 2. The summed E-state index contributed by atoms with van der Waals surface area (Å²) < 4.78 is 75.2. The second kappa shape index (κ2) is 17.7. The van der Waals surface area contributed by atoms with Crippen LogP contribution in [0.15, 0.2) is 137 Å². The fourth-order valence-corrected chi connectivity index (χ4v) is 7.86. The van der Waals surface area contributed by atoms with Crippen molar-refractivity contribution >= 4 is 99.7 Å². The van der Waals surface area contributed by atoms with Gasteiger partial charge in [0.15, 0.2) is 28.4 Å². The molecular weight excluding hydrogens is 921 g/mol. The van der Waals surface area contributed by atoms with Gasteiger partial charge in [-0.2, -0.15) is 27.1 Å². The molecule has 6 aromatic carbocycles. The minimum Gasteiger partial charge on any atom is -0.505 e. The number of carboxylic acids is 2. The molecule has 0 fully saturated rings. The summed E-state index contributed by atoms with van der Waals surface area (Å²) in [7, 11) is -10.1. The zero-order valence-electron chi connectivity index (χ0n) is 34.1. The molecule has 7 aromatic rings. The Hall–Kier alpha value is -8.71. The van der Waals surface area contributed by atoms with E-state index in [0.29, 0.717) is 11.1 Å². The van der Waals surface area contributed by atoms with Crippen molar-refractivity contribution in [2.24, 2.45) is 20.5 Å². The molecule has 1 aromatic heterocycles. The summed E-state index contributed by atoms with van der Waals surface area (Å²) in [5, 5.41) is 60.9. The molecule has 0 aliphatic heterocycles. The number of nitrogens with one attached hydrogen (secondary N) is 2. The lowest BCUT2D eigenvalue weighted by Gasteiger charge is -2.12. The number of carbonyl (C=O) groups excluding carboxylic acids is 2. The van der Waals surface area contributed by atoms with Crippen molar-refractivity contribution in [1.82, 2.24) is 0 Å².